The molecule has 22 heavy (non-hydrogen) atoms. The van der Waals surface area contributed by atoms with Crippen LogP contribution in [0, 0.1) is 0 Å². The minimum absolute atomic E-state index is 0.204. The monoisotopic (exact) mass is 317 g/mol. The molecule has 0 spiro atoms. The number of hydrogen-bond donors (Lipinski definition) is 1. The molecule has 2 aromatic rings. The van der Waals surface area contributed by atoms with E-state index in [1.54, 1.807) is 30.3 Å². The molecule has 4 nitrogen and oxygen atoms in total. The average molecular weight is 318 g/mol. The third kappa shape index (κ3) is 4.09. The summed E-state index contributed by atoms with van der Waals surface area (Å²) in [5, 5.41) is 2.97. The molecule has 2 aromatic carbocycles. The van der Waals surface area contributed by atoms with E-state index in [1.165, 1.54) is 12.1 Å². The van der Waals surface area contributed by atoms with Crippen LogP contribution in [0.25, 0.3) is 0 Å². The van der Waals surface area contributed by atoms with Gasteiger partial charge in [-0.3, -0.25) is 4.79 Å². The Kier molecular flexibility index (Phi) is 5.55. The van der Waals surface area contributed by atoms with E-state index in [4.69, 9.17) is 16.3 Å². The van der Waals surface area contributed by atoms with Crippen LogP contribution in [-0.2, 0) is 0 Å². The second kappa shape index (κ2) is 7.61. The second-order valence-corrected chi connectivity index (χ2v) is 5.06. The van der Waals surface area contributed by atoms with Gasteiger partial charge in [0.1, 0.15) is 5.75 Å². The summed E-state index contributed by atoms with van der Waals surface area (Å²) in [5.41, 5.74) is 0.862. The number of amides is 1. The molecule has 0 saturated carbocycles. The second-order valence-electron chi connectivity index (χ2n) is 4.66. The molecule has 1 amide bonds. The first-order valence-electron chi connectivity index (χ1n) is 6.96. The minimum Gasteiger partial charge on any atom is -0.421 e. The number of esters is 1. The fourth-order valence-corrected chi connectivity index (χ4v) is 2.02. The number of hydrogen-bond acceptors (Lipinski definition) is 3. The fraction of sp³-hybridized carbons (Fsp3) is 0.176. The van der Waals surface area contributed by atoms with Gasteiger partial charge in [-0.1, -0.05) is 36.7 Å². The van der Waals surface area contributed by atoms with Crippen LogP contribution in [0.2, 0.25) is 5.02 Å². The Morgan fingerprint density at radius 3 is 2.45 bits per heavy atom. The van der Waals surface area contributed by atoms with E-state index >= 15 is 0 Å². The molecule has 1 N–H and O–H groups in total. The summed E-state index contributed by atoms with van der Waals surface area (Å²) < 4.78 is 5.24. The van der Waals surface area contributed by atoms with Crippen LogP contribution in [0.5, 0.6) is 5.75 Å². The Balaban J connectivity index is 2.10. The van der Waals surface area contributed by atoms with Crippen molar-refractivity contribution < 1.29 is 14.3 Å². The van der Waals surface area contributed by atoms with Crippen LogP contribution in [0.15, 0.2) is 48.5 Å². The molecule has 0 aliphatic rings. The van der Waals surface area contributed by atoms with Gasteiger partial charge in [0, 0.05) is 12.1 Å². The lowest BCUT2D eigenvalue weighted by atomic mass is 10.2. The van der Waals surface area contributed by atoms with E-state index < -0.39 is 5.97 Å². The maximum Gasteiger partial charge on any atom is 0.343 e. The van der Waals surface area contributed by atoms with E-state index in [2.05, 4.69) is 5.32 Å². The first kappa shape index (κ1) is 16.0. The first-order valence-corrected chi connectivity index (χ1v) is 7.34. The highest BCUT2D eigenvalue weighted by molar-refractivity contribution is 6.32. The van der Waals surface area contributed by atoms with Crippen LogP contribution >= 0.6 is 11.6 Å². The minimum atomic E-state index is -0.495. The average Bonchev–Trinajstić information content (AvgIpc) is 2.55. The maximum absolute atomic E-state index is 12.0. The van der Waals surface area contributed by atoms with Gasteiger partial charge in [0.2, 0.25) is 0 Å². The number of ether oxygens (including phenoxy) is 1. The van der Waals surface area contributed by atoms with Gasteiger partial charge in [-0.2, -0.15) is 0 Å². The number of carbonyl (C=O) groups excluding carboxylic acids is 2. The highest BCUT2D eigenvalue weighted by Gasteiger charge is 2.13. The SMILES string of the molecule is CCCNC(=O)c1ccc(OC(=O)c2ccccc2)c(Cl)c1. The molecule has 0 aliphatic carbocycles. The molecule has 0 aliphatic heterocycles. The molecular weight excluding hydrogens is 302 g/mol. The maximum atomic E-state index is 12.0. The van der Waals surface area contributed by atoms with Crippen molar-refractivity contribution in [3.63, 3.8) is 0 Å². The Morgan fingerprint density at radius 2 is 1.82 bits per heavy atom. The van der Waals surface area contributed by atoms with E-state index in [-0.39, 0.29) is 16.7 Å². The quantitative estimate of drug-likeness (QED) is 0.675. The van der Waals surface area contributed by atoms with Gasteiger partial charge in [-0.15, -0.1) is 0 Å². The highest BCUT2D eigenvalue weighted by atomic mass is 35.5. The molecule has 0 saturated heterocycles. The molecule has 0 heterocycles. The van der Waals surface area contributed by atoms with Gasteiger partial charge in [-0.05, 0) is 36.8 Å². The number of halogens is 1. The van der Waals surface area contributed by atoms with Crippen LogP contribution in [0.4, 0.5) is 0 Å². The van der Waals surface area contributed by atoms with Crippen molar-refractivity contribution in [2.75, 3.05) is 6.54 Å². The van der Waals surface area contributed by atoms with Crippen molar-refractivity contribution in [1.29, 1.82) is 0 Å². The molecule has 0 unspecified atom stereocenters. The number of rotatable bonds is 5. The molecule has 0 atom stereocenters. The highest BCUT2D eigenvalue weighted by Crippen LogP contribution is 2.26. The predicted octanol–water partition coefficient (Wildman–Crippen LogP) is 3.70. The zero-order valence-corrected chi connectivity index (χ0v) is 12.9. The molecule has 0 bridgehead atoms. The lowest BCUT2D eigenvalue weighted by Gasteiger charge is -2.08. The van der Waals surface area contributed by atoms with Crippen LogP contribution < -0.4 is 10.1 Å². The van der Waals surface area contributed by atoms with Crippen LogP contribution in [0.1, 0.15) is 34.1 Å². The molecular formula is C17H16ClNO3. The Labute approximate surface area is 134 Å². The van der Waals surface area contributed by atoms with Gasteiger partial charge in [0.05, 0.1) is 10.6 Å². The van der Waals surface area contributed by atoms with Gasteiger partial charge >= 0.3 is 5.97 Å². The lowest BCUT2D eigenvalue weighted by Crippen LogP contribution is -2.23. The fourth-order valence-electron chi connectivity index (χ4n) is 1.80. The molecule has 2 rings (SSSR count). The summed E-state index contributed by atoms with van der Waals surface area (Å²) in [6.45, 7) is 2.57. The van der Waals surface area contributed by atoms with Crippen molar-refractivity contribution in [1.82, 2.24) is 5.32 Å². The molecule has 0 radical (unpaired) electrons. The van der Waals surface area contributed by atoms with Crippen LogP contribution in [0.3, 0.4) is 0 Å². The van der Waals surface area contributed by atoms with Crippen molar-refractivity contribution >= 4 is 23.5 Å². The van der Waals surface area contributed by atoms with E-state index in [0.717, 1.165) is 6.42 Å². The predicted molar refractivity (Wildman–Crippen MR) is 85.5 cm³/mol. The number of nitrogens with one attached hydrogen (secondary N) is 1. The van der Waals surface area contributed by atoms with Gasteiger partial charge < -0.3 is 10.1 Å². The lowest BCUT2D eigenvalue weighted by molar-refractivity contribution is 0.0735. The third-order valence-corrected chi connectivity index (χ3v) is 3.24. The Morgan fingerprint density at radius 1 is 1.09 bits per heavy atom. The molecule has 0 aromatic heterocycles. The Hall–Kier alpha value is -2.33. The number of benzene rings is 2. The summed E-state index contributed by atoms with van der Waals surface area (Å²) in [7, 11) is 0. The summed E-state index contributed by atoms with van der Waals surface area (Å²) in [6, 6.07) is 13.2. The topological polar surface area (TPSA) is 55.4 Å². The smallest absolute Gasteiger partial charge is 0.343 e. The van der Waals surface area contributed by atoms with Crippen LogP contribution in [-0.4, -0.2) is 18.4 Å². The van der Waals surface area contributed by atoms with E-state index in [0.29, 0.717) is 17.7 Å². The normalized spacial score (nSPS) is 10.1. The van der Waals surface area contributed by atoms with E-state index in [1.807, 2.05) is 13.0 Å². The standard InChI is InChI=1S/C17H16ClNO3/c1-2-10-19-16(20)13-8-9-15(14(18)11-13)22-17(21)12-6-4-3-5-7-12/h3-9,11H,2,10H2,1H3,(H,19,20). The van der Waals surface area contributed by atoms with E-state index in [9.17, 15) is 9.59 Å². The number of carbonyl (C=O) groups is 2. The van der Waals surface area contributed by atoms with Gasteiger partial charge in [0.15, 0.2) is 0 Å². The van der Waals surface area contributed by atoms with Gasteiger partial charge in [-0.25, -0.2) is 4.79 Å². The first-order chi connectivity index (χ1) is 10.6. The largest absolute Gasteiger partial charge is 0.421 e. The molecule has 114 valence electrons. The summed E-state index contributed by atoms with van der Waals surface area (Å²) in [4.78, 5) is 23.8. The summed E-state index contributed by atoms with van der Waals surface area (Å²) in [5.74, 6) is -0.474. The summed E-state index contributed by atoms with van der Waals surface area (Å²) >= 11 is 6.08. The summed E-state index contributed by atoms with van der Waals surface area (Å²) in [6.07, 6.45) is 0.853. The Bertz CT molecular complexity index is 671. The van der Waals surface area contributed by atoms with Gasteiger partial charge in [0.25, 0.3) is 5.91 Å². The van der Waals surface area contributed by atoms with Crippen molar-refractivity contribution in [2.24, 2.45) is 0 Å². The molecule has 0 fully saturated rings. The van der Waals surface area contributed by atoms with Crippen molar-refractivity contribution in [2.45, 2.75) is 13.3 Å². The third-order valence-electron chi connectivity index (χ3n) is 2.94. The zero-order valence-electron chi connectivity index (χ0n) is 12.1. The zero-order chi connectivity index (χ0) is 15.9. The molecule has 5 heteroatoms. The van der Waals surface area contributed by atoms with Crippen molar-refractivity contribution in [3.8, 4) is 5.75 Å². The van der Waals surface area contributed by atoms with Crippen molar-refractivity contribution in [3.05, 3.63) is 64.7 Å².